The van der Waals surface area contributed by atoms with Crippen molar-refractivity contribution < 1.29 is 0 Å². The summed E-state index contributed by atoms with van der Waals surface area (Å²) in [5.41, 5.74) is 0.795. The van der Waals surface area contributed by atoms with Crippen molar-refractivity contribution in [2.24, 2.45) is 21.8 Å². The zero-order valence-corrected chi connectivity index (χ0v) is 10.9. The second kappa shape index (κ2) is 7.63. The molecule has 0 aliphatic heterocycles. The van der Waals surface area contributed by atoms with E-state index in [9.17, 15) is 0 Å². The summed E-state index contributed by atoms with van der Waals surface area (Å²) in [5.74, 6) is 0.795. The Morgan fingerprint density at radius 3 is 2.40 bits per heavy atom. The maximum Gasteiger partial charge on any atom is 0.222 e. The maximum atomic E-state index is 5.87. The normalized spacial score (nSPS) is 16.7. The molecule has 0 spiro atoms. The number of allylic oxidation sites excluding steroid dienone is 1. The van der Waals surface area contributed by atoms with Crippen LogP contribution in [0.2, 0.25) is 0 Å². The second-order valence-corrected chi connectivity index (χ2v) is 4.18. The third-order valence-corrected chi connectivity index (χ3v) is 2.68. The molecule has 2 unspecified atom stereocenters. The number of rotatable bonds is 5. The minimum absolute atomic E-state index is 0.278. The molecule has 0 aromatic rings. The van der Waals surface area contributed by atoms with E-state index in [2.05, 4.69) is 44.3 Å². The SMILES string of the molecule is C=C(N=C(Cl)/N=C\C(C)CC)C(C)CC. The van der Waals surface area contributed by atoms with Gasteiger partial charge in [-0.15, -0.1) is 0 Å². The molecular weight excluding hydrogens is 208 g/mol. The standard InChI is InChI=1S/C12H21ClN2/c1-6-9(3)8-14-12(13)15-11(5)10(4)7-2/h8-10H,5-7H2,1-4H3/b14-8-,15-12?. The lowest BCUT2D eigenvalue weighted by Crippen LogP contribution is -1.98. The Labute approximate surface area is 98.2 Å². The van der Waals surface area contributed by atoms with Gasteiger partial charge < -0.3 is 0 Å². The Hall–Kier alpha value is -0.630. The van der Waals surface area contributed by atoms with Crippen LogP contribution < -0.4 is 0 Å². The minimum atomic E-state index is 0.278. The van der Waals surface area contributed by atoms with Crippen LogP contribution in [-0.2, 0) is 0 Å². The predicted octanol–water partition coefficient (Wildman–Crippen LogP) is 4.26. The van der Waals surface area contributed by atoms with Crippen LogP contribution in [0, 0.1) is 11.8 Å². The van der Waals surface area contributed by atoms with Crippen LogP contribution in [0.15, 0.2) is 22.3 Å². The van der Waals surface area contributed by atoms with Gasteiger partial charge in [0.25, 0.3) is 0 Å². The van der Waals surface area contributed by atoms with E-state index in [1.807, 2.05) is 6.21 Å². The number of hydrogen-bond donors (Lipinski definition) is 0. The zero-order chi connectivity index (χ0) is 11.8. The van der Waals surface area contributed by atoms with Crippen molar-refractivity contribution in [1.29, 1.82) is 0 Å². The van der Waals surface area contributed by atoms with Gasteiger partial charge in [-0.2, -0.15) is 0 Å². The van der Waals surface area contributed by atoms with Crippen LogP contribution in [0.5, 0.6) is 0 Å². The summed E-state index contributed by atoms with van der Waals surface area (Å²) in [7, 11) is 0. The first-order valence-electron chi connectivity index (χ1n) is 5.48. The number of hydrogen-bond acceptors (Lipinski definition) is 1. The molecule has 2 atom stereocenters. The highest BCUT2D eigenvalue weighted by Gasteiger charge is 2.03. The molecule has 15 heavy (non-hydrogen) atoms. The van der Waals surface area contributed by atoms with Crippen LogP contribution in [-0.4, -0.2) is 11.5 Å². The van der Waals surface area contributed by atoms with Gasteiger partial charge in [-0.1, -0.05) is 34.3 Å². The molecule has 0 rings (SSSR count). The van der Waals surface area contributed by atoms with Crippen LogP contribution in [0.25, 0.3) is 0 Å². The molecule has 0 saturated carbocycles. The van der Waals surface area contributed by atoms with E-state index in [1.54, 1.807) is 0 Å². The minimum Gasteiger partial charge on any atom is -0.231 e. The highest BCUT2D eigenvalue weighted by Crippen LogP contribution is 2.14. The Bertz CT molecular complexity index is 256. The maximum absolute atomic E-state index is 5.87. The van der Waals surface area contributed by atoms with E-state index in [4.69, 9.17) is 11.6 Å². The highest BCUT2D eigenvalue weighted by atomic mass is 35.5. The van der Waals surface area contributed by atoms with Gasteiger partial charge in [-0.3, -0.25) is 0 Å². The average molecular weight is 229 g/mol. The molecule has 2 nitrogen and oxygen atoms in total. The Kier molecular flexibility index (Phi) is 7.31. The van der Waals surface area contributed by atoms with E-state index in [-0.39, 0.29) is 5.29 Å². The predicted molar refractivity (Wildman–Crippen MR) is 69.8 cm³/mol. The first-order chi connectivity index (χ1) is 7.01. The average Bonchev–Trinajstić information content (AvgIpc) is 2.24. The van der Waals surface area contributed by atoms with Gasteiger partial charge in [0.15, 0.2) is 0 Å². The van der Waals surface area contributed by atoms with Crippen molar-refractivity contribution in [2.75, 3.05) is 0 Å². The number of halogens is 1. The van der Waals surface area contributed by atoms with E-state index in [0.29, 0.717) is 11.8 Å². The van der Waals surface area contributed by atoms with Crippen molar-refractivity contribution >= 4 is 23.1 Å². The molecule has 86 valence electrons. The Morgan fingerprint density at radius 1 is 1.33 bits per heavy atom. The molecule has 0 aliphatic rings. The Morgan fingerprint density at radius 2 is 1.93 bits per heavy atom. The lowest BCUT2D eigenvalue weighted by Gasteiger charge is -2.06. The van der Waals surface area contributed by atoms with Crippen molar-refractivity contribution in [3.63, 3.8) is 0 Å². The molecule has 0 aliphatic carbocycles. The van der Waals surface area contributed by atoms with Crippen LogP contribution >= 0.6 is 11.6 Å². The fourth-order valence-electron chi connectivity index (χ4n) is 0.787. The largest absolute Gasteiger partial charge is 0.231 e. The fraction of sp³-hybridized carbons (Fsp3) is 0.667. The van der Waals surface area contributed by atoms with Crippen molar-refractivity contribution in [1.82, 2.24) is 0 Å². The van der Waals surface area contributed by atoms with Crippen LogP contribution in [0.1, 0.15) is 40.5 Å². The first-order valence-corrected chi connectivity index (χ1v) is 5.86. The van der Waals surface area contributed by atoms with Gasteiger partial charge >= 0.3 is 0 Å². The molecule has 0 amide bonds. The summed E-state index contributed by atoms with van der Waals surface area (Å²) in [4.78, 5) is 8.22. The monoisotopic (exact) mass is 228 g/mol. The van der Waals surface area contributed by atoms with Gasteiger partial charge in [-0.05, 0) is 36.3 Å². The molecule has 0 radical (unpaired) electrons. The van der Waals surface area contributed by atoms with Gasteiger partial charge in [0, 0.05) is 11.9 Å². The first kappa shape index (κ1) is 14.4. The summed E-state index contributed by atoms with van der Waals surface area (Å²) in [5, 5.41) is 0.278. The Balaban J connectivity index is 4.31. The summed E-state index contributed by atoms with van der Waals surface area (Å²) in [6.07, 6.45) is 3.90. The summed E-state index contributed by atoms with van der Waals surface area (Å²) in [6, 6.07) is 0. The van der Waals surface area contributed by atoms with Gasteiger partial charge in [0.1, 0.15) is 0 Å². The van der Waals surface area contributed by atoms with Crippen LogP contribution in [0.3, 0.4) is 0 Å². The van der Waals surface area contributed by atoms with Gasteiger partial charge in [0.2, 0.25) is 5.29 Å². The summed E-state index contributed by atoms with van der Waals surface area (Å²) in [6.45, 7) is 12.2. The van der Waals surface area contributed by atoms with E-state index in [1.165, 1.54) is 0 Å². The summed E-state index contributed by atoms with van der Waals surface area (Å²) < 4.78 is 0. The number of amidine groups is 1. The highest BCUT2D eigenvalue weighted by molar-refractivity contribution is 6.65. The second-order valence-electron chi connectivity index (χ2n) is 3.85. The molecule has 0 fully saturated rings. The van der Waals surface area contributed by atoms with Crippen molar-refractivity contribution in [3.05, 3.63) is 12.3 Å². The third-order valence-electron chi connectivity index (χ3n) is 2.50. The molecule has 0 N–H and O–H groups in total. The third kappa shape index (κ3) is 6.45. The smallest absolute Gasteiger partial charge is 0.222 e. The molecule has 3 heteroatoms. The molecule has 0 bridgehead atoms. The fourth-order valence-corrected chi connectivity index (χ4v) is 0.952. The van der Waals surface area contributed by atoms with Crippen molar-refractivity contribution in [3.8, 4) is 0 Å². The molecule has 0 heterocycles. The quantitative estimate of drug-likeness (QED) is 0.382. The van der Waals surface area contributed by atoms with Crippen molar-refractivity contribution in [2.45, 2.75) is 40.5 Å². The molecule has 0 aromatic carbocycles. The lowest BCUT2D eigenvalue weighted by molar-refractivity contribution is 0.651. The van der Waals surface area contributed by atoms with E-state index < -0.39 is 0 Å². The van der Waals surface area contributed by atoms with Gasteiger partial charge in [0.05, 0.1) is 0 Å². The van der Waals surface area contributed by atoms with E-state index in [0.717, 1.165) is 18.5 Å². The topological polar surface area (TPSA) is 24.7 Å². The van der Waals surface area contributed by atoms with Crippen LogP contribution in [0.4, 0.5) is 0 Å². The van der Waals surface area contributed by atoms with E-state index >= 15 is 0 Å². The lowest BCUT2D eigenvalue weighted by atomic mass is 10.1. The molecular formula is C12H21ClN2. The number of aliphatic imine (C=N–C) groups is 2. The number of nitrogens with zero attached hydrogens (tertiary/aromatic N) is 2. The molecule has 0 saturated heterocycles. The van der Waals surface area contributed by atoms with Gasteiger partial charge in [-0.25, -0.2) is 9.98 Å². The molecule has 0 aromatic heterocycles. The zero-order valence-electron chi connectivity index (χ0n) is 10.1. The summed E-state index contributed by atoms with van der Waals surface area (Å²) >= 11 is 5.87.